The van der Waals surface area contributed by atoms with E-state index in [2.05, 4.69) is 43.2 Å². The predicted octanol–water partition coefficient (Wildman–Crippen LogP) is 4.31. The molecule has 0 aliphatic carbocycles. The first kappa shape index (κ1) is 37.0. The van der Waals surface area contributed by atoms with Gasteiger partial charge in [-0.1, -0.05) is 70.2 Å². The van der Waals surface area contributed by atoms with E-state index in [1.54, 1.807) is 12.0 Å². The molecule has 0 spiro atoms. The normalized spacial score (nSPS) is 15.4. The molecule has 255 valence electrons. The third kappa shape index (κ3) is 12.4. The van der Waals surface area contributed by atoms with Crippen molar-refractivity contribution in [1.82, 2.24) is 20.4 Å². The third-order valence-electron chi connectivity index (χ3n) is 8.07. The molecule has 1 atom stereocenters. The Morgan fingerprint density at radius 3 is 2.30 bits per heavy atom. The maximum Gasteiger partial charge on any atom is 0.407 e. The average Bonchev–Trinajstić information content (AvgIpc) is 3.08. The fourth-order valence-electron chi connectivity index (χ4n) is 5.14. The van der Waals surface area contributed by atoms with Crippen LogP contribution in [0.25, 0.3) is 0 Å². The van der Waals surface area contributed by atoms with Crippen LogP contribution >= 0.6 is 0 Å². The molecule has 2 N–H and O–H groups in total. The van der Waals surface area contributed by atoms with Gasteiger partial charge in [0.05, 0.1) is 13.7 Å². The SMILES string of the molecule is CC[Si-](CC)(OCC(C)C)OCC1CN(C(=O)CCNC(=O)OCc2ccccc2)CCN1CC(=O)NCc1ccc(OC)cc1. The van der Waals surface area contributed by atoms with E-state index in [0.717, 1.165) is 29.0 Å². The lowest BCUT2D eigenvalue weighted by molar-refractivity contribution is -0.135. The maximum atomic E-state index is 13.2. The van der Waals surface area contributed by atoms with Gasteiger partial charge < -0.3 is 33.9 Å². The minimum atomic E-state index is -2.44. The van der Waals surface area contributed by atoms with Crippen LogP contribution in [0.5, 0.6) is 5.75 Å². The summed E-state index contributed by atoms with van der Waals surface area (Å²) >= 11 is 0. The van der Waals surface area contributed by atoms with Crippen LogP contribution < -0.4 is 15.4 Å². The molecule has 2 aromatic carbocycles. The smallest absolute Gasteiger partial charge is 0.407 e. The van der Waals surface area contributed by atoms with E-state index in [1.807, 2.05) is 54.6 Å². The monoisotopic (exact) mass is 656 g/mol. The van der Waals surface area contributed by atoms with Gasteiger partial charge in [-0.3, -0.25) is 14.5 Å². The molecule has 1 heterocycles. The van der Waals surface area contributed by atoms with Gasteiger partial charge in [-0.15, -0.1) is 12.1 Å². The summed E-state index contributed by atoms with van der Waals surface area (Å²) in [6.07, 6.45) is -0.411. The van der Waals surface area contributed by atoms with Crippen molar-refractivity contribution in [3.63, 3.8) is 0 Å². The molecule has 0 radical (unpaired) electrons. The molecule has 0 aromatic heterocycles. The molecule has 12 heteroatoms. The van der Waals surface area contributed by atoms with Gasteiger partial charge in [0.25, 0.3) is 0 Å². The lowest BCUT2D eigenvalue weighted by Crippen LogP contribution is -2.59. The Kier molecular flexibility index (Phi) is 15.5. The number of ether oxygens (including phenoxy) is 2. The van der Waals surface area contributed by atoms with E-state index in [-0.39, 0.29) is 44.0 Å². The lowest BCUT2D eigenvalue weighted by atomic mass is 10.1. The van der Waals surface area contributed by atoms with Gasteiger partial charge in [-0.2, -0.15) is 0 Å². The first-order valence-corrected chi connectivity index (χ1v) is 18.5. The molecule has 3 amide bonds. The van der Waals surface area contributed by atoms with Gasteiger partial charge in [-0.25, -0.2) is 4.79 Å². The van der Waals surface area contributed by atoms with Crippen LogP contribution in [-0.4, -0.2) is 95.4 Å². The highest BCUT2D eigenvalue weighted by atomic mass is 28.4. The summed E-state index contributed by atoms with van der Waals surface area (Å²) in [5, 5.41) is 5.69. The Bertz CT molecular complexity index is 1210. The molecule has 0 saturated carbocycles. The summed E-state index contributed by atoms with van der Waals surface area (Å²) < 4.78 is 23.4. The first-order valence-electron chi connectivity index (χ1n) is 16.3. The molecular formula is C34H52N4O7Si-. The number of alkyl carbamates (subject to hydrolysis) is 1. The second-order valence-electron chi connectivity index (χ2n) is 12.0. The van der Waals surface area contributed by atoms with Crippen molar-refractivity contribution >= 4 is 26.5 Å². The van der Waals surface area contributed by atoms with Crippen LogP contribution in [0.4, 0.5) is 4.79 Å². The van der Waals surface area contributed by atoms with Crippen LogP contribution in [0.2, 0.25) is 12.1 Å². The van der Waals surface area contributed by atoms with Crippen LogP contribution in [-0.2, 0) is 36.3 Å². The largest absolute Gasteiger partial charge is 0.545 e. The fourth-order valence-corrected chi connectivity index (χ4v) is 7.67. The van der Waals surface area contributed by atoms with E-state index < -0.39 is 14.7 Å². The quantitative estimate of drug-likeness (QED) is 0.228. The summed E-state index contributed by atoms with van der Waals surface area (Å²) in [6, 6.07) is 18.5. The first-order chi connectivity index (χ1) is 22.2. The van der Waals surface area contributed by atoms with Crippen molar-refractivity contribution < 1.29 is 32.7 Å². The minimum absolute atomic E-state index is 0.0671. The van der Waals surface area contributed by atoms with E-state index in [4.69, 9.17) is 18.3 Å². The minimum Gasteiger partial charge on any atom is -0.545 e. The number of hydrogen-bond acceptors (Lipinski definition) is 8. The standard InChI is InChI=1S/C34H52N4O7Si/c1-6-46(7-2,44-24-27(3)4)45-26-30-22-38(33(40)17-18-35-34(41)43-25-29-11-9-8-10-12-29)20-19-37(30)23-32(39)36-21-28-13-15-31(42-5)16-14-28/h8-16,27,30H,6-7,17-26H2,1-5H3,(H,35,41)(H,36,39)/q-1. The van der Waals surface area contributed by atoms with E-state index in [1.165, 1.54) is 0 Å². The Morgan fingerprint density at radius 1 is 0.935 bits per heavy atom. The third-order valence-corrected chi connectivity index (χ3v) is 11.6. The second kappa shape index (κ2) is 19.3. The Balaban J connectivity index is 1.57. The Labute approximate surface area is 275 Å². The van der Waals surface area contributed by atoms with Crippen molar-refractivity contribution in [1.29, 1.82) is 0 Å². The van der Waals surface area contributed by atoms with Crippen LogP contribution in [0.15, 0.2) is 54.6 Å². The molecule has 1 saturated heterocycles. The number of amides is 3. The van der Waals surface area contributed by atoms with Crippen LogP contribution in [0.1, 0.15) is 45.2 Å². The van der Waals surface area contributed by atoms with Gasteiger partial charge in [-0.05, 0) is 29.2 Å². The van der Waals surface area contributed by atoms with Gasteiger partial charge in [0.2, 0.25) is 11.8 Å². The number of rotatable bonds is 18. The van der Waals surface area contributed by atoms with E-state index in [9.17, 15) is 14.4 Å². The average molecular weight is 657 g/mol. The summed E-state index contributed by atoms with van der Waals surface area (Å²) in [5.41, 5.74) is 1.87. The maximum absolute atomic E-state index is 13.2. The summed E-state index contributed by atoms with van der Waals surface area (Å²) in [7, 11) is -0.824. The Morgan fingerprint density at radius 2 is 1.65 bits per heavy atom. The van der Waals surface area contributed by atoms with Gasteiger partial charge in [0.1, 0.15) is 20.9 Å². The second-order valence-corrected chi connectivity index (χ2v) is 15.8. The lowest BCUT2D eigenvalue weighted by Gasteiger charge is -2.47. The molecule has 11 nitrogen and oxygen atoms in total. The number of carbonyl (C=O) groups excluding carboxylic acids is 3. The predicted molar refractivity (Wildman–Crippen MR) is 179 cm³/mol. The number of hydrogen-bond donors (Lipinski definition) is 2. The molecule has 1 aliphatic heterocycles. The van der Waals surface area contributed by atoms with Gasteiger partial charge in [0, 0.05) is 58.4 Å². The summed E-state index contributed by atoms with van der Waals surface area (Å²) in [5.74, 6) is 0.999. The van der Waals surface area contributed by atoms with E-state index in [0.29, 0.717) is 45.3 Å². The highest BCUT2D eigenvalue weighted by molar-refractivity contribution is 6.67. The van der Waals surface area contributed by atoms with Crippen LogP contribution in [0, 0.1) is 5.92 Å². The zero-order chi connectivity index (χ0) is 33.4. The number of benzene rings is 2. The molecule has 46 heavy (non-hydrogen) atoms. The molecule has 0 bridgehead atoms. The number of piperazine rings is 1. The molecule has 1 unspecified atom stereocenters. The Hall–Kier alpha value is -3.45. The van der Waals surface area contributed by atoms with Crippen LogP contribution in [0.3, 0.4) is 0 Å². The molecule has 2 aromatic rings. The van der Waals surface area contributed by atoms with Crippen molar-refractivity contribution in [2.75, 3.05) is 53.0 Å². The van der Waals surface area contributed by atoms with Crippen molar-refractivity contribution in [2.45, 2.75) is 65.4 Å². The van der Waals surface area contributed by atoms with Crippen molar-refractivity contribution in [3.8, 4) is 5.75 Å². The molecule has 1 fully saturated rings. The van der Waals surface area contributed by atoms with E-state index >= 15 is 0 Å². The highest BCUT2D eigenvalue weighted by Crippen LogP contribution is 2.22. The fraction of sp³-hybridized carbons (Fsp3) is 0.559. The summed E-state index contributed by atoms with van der Waals surface area (Å²) in [6.45, 7) is 11.8. The number of carbonyl (C=O) groups is 3. The number of nitrogens with one attached hydrogen (secondary N) is 2. The van der Waals surface area contributed by atoms with Gasteiger partial charge in [0.15, 0.2) is 0 Å². The molecule has 1 aliphatic rings. The molecular weight excluding hydrogens is 604 g/mol. The zero-order valence-electron chi connectivity index (χ0n) is 28.1. The summed E-state index contributed by atoms with van der Waals surface area (Å²) in [4.78, 5) is 42.3. The van der Waals surface area contributed by atoms with Crippen molar-refractivity contribution in [2.24, 2.45) is 5.92 Å². The topological polar surface area (TPSA) is 119 Å². The number of nitrogens with zero attached hydrogens (tertiary/aromatic N) is 2. The zero-order valence-corrected chi connectivity index (χ0v) is 29.1. The highest BCUT2D eigenvalue weighted by Gasteiger charge is 2.32. The number of methoxy groups -OCH3 is 1. The van der Waals surface area contributed by atoms with Gasteiger partial charge >= 0.3 is 6.09 Å². The molecule has 3 rings (SSSR count). The van der Waals surface area contributed by atoms with Crippen molar-refractivity contribution in [3.05, 3.63) is 65.7 Å².